The average Bonchev–Trinajstić information content (AvgIpc) is 2.57. The summed E-state index contributed by atoms with van der Waals surface area (Å²) in [5.41, 5.74) is 0.847. The van der Waals surface area contributed by atoms with Crippen molar-refractivity contribution in [1.82, 2.24) is 13.9 Å². The van der Waals surface area contributed by atoms with Gasteiger partial charge in [0.15, 0.2) is 0 Å². The zero-order valence-corrected chi connectivity index (χ0v) is 17.2. The van der Waals surface area contributed by atoms with Crippen LogP contribution in [0.5, 0.6) is 0 Å². The van der Waals surface area contributed by atoms with Gasteiger partial charge in [-0.25, -0.2) is 4.79 Å². The minimum absolute atomic E-state index is 0.189. The highest BCUT2D eigenvalue weighted by atomic mass is 32.2. The molecule has 1 aromatic carbocycles. The lowest BCUT2D eigenvalue weighted by atomic mass is 10.0. The van der Waals surface area contributed by atoms with Gasteiger partial charge >= 0.3 is 6.09 Å². The predicted octanol–water partition coefficient (Wildman–Crippen LogP) is 1.38. The van der Waals surface area contributed by atoms with E-state index in [-0.39, 0.29) is 19.5 Å². The highest BCUT2D eigenvalue weighted by Gasteiger charge is 2.30. The van der Waals surface area contributed by atoms with Gasteiger partial charge < -0.3 is 15.5 Å². The van der Waals surface area contributed by atoms with E-state index in [1.54, 1.807) is 0 Å². The molecule has 0 aliphatic rings. The molecule has 0 heterocycles. The van der Waals surface area contributed by atoms with Crippen LogP contribution in [0.4, 0.5) is 4.79 Å². The maximum atomic E-state index is 12.6. The van der Waals surface area contributed by atoms with Gasteiger partial charge in [0, 0.05) is 27.2 Å². The number of nitrogens with zero attached hydrogens (tertiary/aromatic N) is 2. The van der Waals surface area contributed by atoms with E-state index < -0.39 is 28.4 Å². The number of carboxylic acid groups (broad SMARTS) is 1. The fourth-order valence-corrected chi connectivity index (χ4v) is 3.72. The van der Waals surface area contributed by atoms with Crippen molar-refractivity contribution in [1.29, 1.82) is 0 Å². The van der Waals surface area contributed by atoms with Crippen LogP contribution in [0.15, 0.2) is 30.3 Å². The molecule has 0 unspecified atom stereocenters. The second-order valence-electron chi connectivity index (χ2n) is 7.14. The van der Waals surface area contributed by atoms with Gasteiger partial charge in [-0.2, -0.15) is 17.0 Å². The number of carbonyl (C=O) groups is 1. The third-order valence-electron chi connectivity index (χ3n) is 4.21. The van der Waals surface area contributed by atoms with Crippen LogP contribution in [-0.4, -0.2) is 72.7 Å². The zero-order chi connectivity index (χ0) is 20.6. The third kappa shape index (κ3) is 7.84. The minimum Gasteiger partial charge on any atom is -0.465 e. The van der Waals surface area contributed by atoms with Crippen LogP contribution in [0.1, 0.15) is 25.8 Å². The smallest absolute Gasteiger partial charge is 0.404 e. The maximum absolute atomic E-state index is 12.6. The second-order valence-corrected chi connectivity index (χ2v) is 9.29. The van der Waals surface area contributed by atoms with E-state index in [0.717, 1.165) is 9.87 Å². The first kappa shape index (κ1) is 23.4. The van der Waals surface area contributed by atoms with Crippen LogP contribution in [0.3, 0.4) is 0 Å². The van der Waals surface area contributed by atoms with E-state index in [1.807, 2.05) is 44.2 Å². The maximum Gasteiger partial charge on any atom is 0.404 e. The van der Waals surface area contributed by atoms with Crippen molar-refractivity contribution in [3.05, 3.63) is 35.9 Å². The predicted molar refractivity (Wildman–Crippen MR) is 105 cm³/mol. The van der Waals surface area contributed by atoms with Crippen molar-refractivity contribution in [3.8, 4) is 0 Å². The molecular weight excluding hydrogens is 370 g/mol. The molecule has 154 valence electrons. The third-order valence-corrected chi connectivity index (χ3v) is 6.11. The lowest BCUT2D eigenvalue weighted by Gasteiger charge is -2.31. The molecule has 27 heavy (non-hydrogen) atoms. The molecule has 1 aromatic rings. The summed E-state index contributed by atoms with van der Waals surface area (Å²) in [4.78, 5) is 11.1. The van der Waals surface area contributed by atoms with Gasteiger partial charge in [0.05, 0.1) is 12.1 Å². The normalized spacial score (nSPS) is 14.5. The number of benzene rings is 1. The average molecular weight is 402 g/mol. The van der Waals surface area contributed by atoms with Gasteiger partial charge in [-0.05, 0) is 24.3 Å². The first-order valence-corrected chi connectivity index (χ1v) is 10.3. The summed E-state index contributed by atoms with van der Waals surface area (Å²) in [5.74, 6) is 0.291. The molecule has 1 rings (SSSR count). The Morgan fingerprint density at radius 1 is 1.19 bits per heavy atom. The molecule has 0 radical (unpaired) electrons. The Bertz CT molecular complexity index is 679. The highest BCUT2D eigenvalue weighted by Crippen LogP contribution is 2.13. The van der Waals surface area contributed by atoms with E-state index in [9.17, 15) is 18.3 Å². The second kappa shape index (κ2) is 10.6. The number of hydrogen-bond acceptors (Lipinski definition) is 4. The first-order valence-electron chi connectivity index (χ1n) is 8.93. The van der Waals surface area contributed by atoms with Crippen LogP contribution in [0.25, 0.3) is 0 Å². The topological polar surface area (TPSA) is 110 Å². The number of nitrogens with one attached hydrogen (secondary N) is 1. The summed E-state index contributed by atoms with van der Waals surface area (Å²) in [7, 11) is -0.870. The van der Waals surface area contributed by atoms with Gasteiger partial charge in [-0.15, -0.1) is 0 Å². The summed E-state index contributed by atoms with van der Waals surface area (Å²) < 4.78 is 27.5. The summed E-state index contributed by atoms with van der Waals surface area (Å²) >= 11 is 0. The van der Waals surface area contributed by atoms with Gasteiger partial charge in [0.2, 0.25) is 0 Å². The van der Waals surface area contributed by atoms with Gasteiger partial charge in [-0.3, -0.25) is 0 Å². The Morgan fingerprint density at radius 2 is 1.78 bits per heavy atom. The Labute approximate surface area is 162 Å². The standard InChI is InChI=1S/C18H31N3O5S/c1-14(2)10-11-21(27(25,26)20(3)4)13-17(22)16(19-18(23)24)12-15-8-6-5-7-9-15/h5-9,14,16-17,19,22H,10-13H2,1-4H3,(H,23,24)/t16-,17+/m0/s1. The largest absolute Gasteiger partial charge is 0.465 e. The molecule has 2 atom stereocenters. The SMILES string of the molecule is CC(C)CCN(C[C@@H](O)[C@H](Cc1ccccc1)NC(=O)O)S(=O)(=O)N(C)C. The Balaban J connectivity index is 2.98. The number of aliphatic hydroxyl groups excluding tert-OH is 1. The number of rotatable bonds is 11. The van der Waals surface area contributed by atoms with Crippen LogP contribution >= 0.6 is 0 Å². The van der Waals surface area contributed by atoms with Crippen LogP contribution in [0.2, 0.25) is 0 Å². The molecule has 0 aliphatic heterocycles. The highest BCUT2D eigenvalue weighted by molar-refractivity contribution is 7.86. The summed E-state index contributed by atoms with van der Waals surface area (Å²) in [5, 5.41) is 22.1. The fourth-order valence-electron chi connectivity index (χ4n) is 2.58. The van der Waals surface area contributed by atoms with E-state index in [4.69, 9.17) is 5.11 Å². The van der Waals surface area contributed by atoms with Gasteiger partial charge in [-0.1, -0.05) is 44.2 Å². The lowest BCUT2D eigenvalue weighted by molar-refractivity contribution is 0.0981. The number of aliphatic hydroxyl groups is 1. The lowest BCUT2D eigenvalue weighted by Crippen LogP contribution is -2.52. The van der Waals surface area contributed by atoms with Crippen molar-refractivity contribution in [2.75, 3.05) is 27.2 Å². The number of amides is 1. The summed E-state index contributed by atoms with van der Waals surface area (Å²) in [6.45, 7) is 4.04. The molecule has 0 bridgehead atoms. The van der Waals surface area contributed by atoms with Gasteiger partial charge in [0.25, 0.3) is 10.2 Å². The van der Waals surface area contributed by atoms with Crippen molar-refractivity contribution >= 4 is 16.3 Å². The minimum atomic E-state index is -3.73. The summed E-state index contributed by atoms with van der Waals surface area (Å²) in [6, 6.07) is 8.32. The fraction of sp³-hybridized carbons (Fsp3) is 0.611. The number of hydrogen-bond donors (Lipinski definition) is 3. The van der Waals surface area contributed by atoms with Crippen LogP contribution in [-0.2, 0) is 16.6 Å². The quantitative estimate of drug-likeness (QED) is 0.519. The molecule has 0 aromatic heterocycles. The molecule has 0 spiro atoms. The van der Waals surface area contributed by atoms with Crippen molar-refractivity contribution in [2.24, 2.45) is 5.92 Å². The first-order chi connectivity index (χ1) is 12.5. The van der Waals surface area contributed by atoms with Crippen LogP contribution in [0, 0.1) is 5.92 Å². The molecule has 8 nitrogen and oxygen atoms in total. The molecule has 9 heteroatoms. The van der Waals surface area contributed by atoms with Crippen molar-refractivity contribution in [2.45, 2.75) is 38.8 Å². The Hall–Kier alpha value is -1.68. The van der Waals surface area contributed by atoms with Crippen molar-refractivity contribution in [3.63, 3.8) is 0 Å². The van der Waals surface area contributed by atoms with Crippen LogP contribution < -0.4 is 5.32 Å². The molecule has 0 fully saturated rings. The Morgan fingerprint density at radius 3 is 2.26 bits per heavy atom. The zero-order valence-electron chi connectivity index (χ0n) is 16.4. The monoisotopic (exact) mass is 401 g/mol. The van der Waals surface area contributed by atoms with Crippen molar-refractivity contribution < 1.29 is 23.4 Å². The van der Waals surface area contributed by atoms with E-state index in [0.29, 0.717) is 12.3 Å². The van der Waals surface area contributed by atoms with E-state index >= 15 is 0 Å². The summed E-state index contributed by atoms with van der Waals surface area (Å²) in [6.07, 6.45) is -1.56. The Kier molecular flexibility index (Phi) is 9.17. The molecular formula is C18H31N3O5S. The van der Waals surface area contributed by atoms with E-state index in [2.05, 4.69) is 5.32 Å². The van der Waals surface area contributed by atoms with Gasteiger partial charge in [0.1, 0.15) is 0 Å². The molecule has 1 amide bonds. The molecule has 0 saturated carbocycles. The molecule has 3 N–H and O–H groups in total. The molecule has 0 aliphatic carbocycles. The van der Waals surface area contributed by atoms with E-state index in [1.165, 1.54) is 18.4 Å². The molecule has 0 saturated heterocycles.